The third-order valence-corrected chi connectivity index (χ3v) is 3.50. The molecule has 94 valence electrons. The topological polar surface area (TPSA) is 32.5 Å². The Balaban J connectivity index is 2.23. The normalized spacial score (nSPS) is 20.5. The molecule has 0 aliphatic carbocycles. The average molecular weight is 233 g/mol. The molecule has 1 aromatic rings. The summed E-state index contributed by atoms with van der Waals surface area (Å²) in [7, 11) is 4.18. The van der Waals surface area contributed by atoms with Gasteiger partial charge in [0.2, 0.25) is 0 Å². The van der Waals surface area contributed by atoms with Crippen LogP contribution in [0, 0.1) is 6.92 Å². The highest BCUT2D eigenvalue weighted by Gasteiger charge is 2.17. The zero-order valence-corrected chi connectivity index (χ0v) is 11.1. The van der Waals surface area contributed by atoms with Crippen LogP contribution < -0.4 is 15.5 Å². The maximum absolute atomic E-state index is 6.04. The van der Waals surface area contributed by atoms with E-state index in [0.29, 0.717) is 6.04 Å². The maximum atomic E-state index is 6.04. The number of piperidine rings is 1. The second kappa shape index (κ2) is 4.96. The standard InChI is InChI=1S/C14H23N3/c1-11-6-7-13(9-14(11)16(2)3)17-8-4-5-12(15)10-17/h6-7,9,12H,4-5,8,10,15H2,1-3H3. The van der Waals surface area contributed by atoms with Crippen LogP contribution in [0.3, 0.4) is 0 Å². The van der Waals surface area contributed by atoms with Crippen LogP contribution in [0.15, 0.2) is 18.2 Å². The van der Waals surface area contributed by atoms with Crippen LogP contribution in [0.4, 0.5) is 11.4 Å². The summed E-state index contributed by atoms with van der Waals surface area (Å²) in [6.45, 7) is 4.26. The van der Waals surface area contributed by atoms with Crippen molar-refractivity contribution in [2.45, 2.75) is 25.8 Å². The molecule has 1 aliphatic heterocycles. The van der Waals surface area contributed by atoms with Crippen molar-refractivity contribution in [3.63, 3.8) is 0 Å². The lowest BCUT2D eigenvalue weighted by molar-refractivity contribution is 0.506. The Labute approximate surface area is 104 Å². The van der Waals surface area contributed by atoms with Gasteiger partial charge in [0.05, 0.1) is 0 Å². The zero-order valence-electron chi connectivity index (χ0n) is 11.1. The number of nitrogens with zero attached hydrogens (tertiary/aromatic N) is 2. The van der Waals surface area contributed by atoms with Gasteiger partial charge in [-0.25, -0.2) is 0 Å². The van der Waals surface area contributed by atoms with Crippen LogP contribution in [-0.2, 0) is 0 Å². The molecule has 1 unspecified atom stereocenters. The van der Waals surface area contributed by atoms with Crippen LogP contribution in [0.5, 0.6) is 0 Å². The Morgan fingerprint density at radius 2 is 2.12 bits per heavy atom. The molecule has 1 aliphatic rings. The summed E-state index contributed by atoms with van der Waals surface area (Å²) in [6.07, 6.45) is 2.36. The predicted octanol–water partition coefficient (Wildman–Crippen LogP) is 1.99. The van der Waals surface area contributed by atoms with Crippen molar-refractivity contribution in [3.05, 3.63) is 23.8 Å². The lowest BCUT2D eigenvalue weighted by Crippen LogP contribution is -2.42. The van der Waals surface area contributed by atoms with Crippen molar-refractivity contribution in [2.75, 3.05) is 37.0 Å². The van der Waals surface area contributed by atoms with Gasteiger partial charge in [-0.05, 0) is 37.5 Å². The molecule has 1 fully saturated rings. The van der Waals surface area contributed by atoms with Gasteiger partial charge in [0.15, 0.2) is 0 Å². The van der Waals surface area contributed by atoms with Gasteiger partial charge in [-0.3, -0.25) is 0 Å². The largest absolute Gasteiger partial charge is 0.377 e. The van der Waals surface area contributed by atoms with E-state index in [2.05, 4.69) is 49.0 Å². The molecule has 3 heteroatoms. The molecule has 1 atom stereocenters. The van der Waals surface area contributed by atoms with E-state index in [-0.39, 0.29) is 0 Å². The molecular weight excluding hydrogens is 210 g/mol. The van der Waals surface area contributed by atoms with Gasteiger partial charge in [-0.1, -0.05) is 6.07 Å². The molecule has 2 rings (SSSR count). The van der Waals surface area contributed by atoms with E-state index in [1.54, 1.807) is 0 Å². The number of hydrogen-bond acceptors (Lipinski definition) is 3. The summed E-state index contributed by atoms with van der Waals surface area (Å²) in [6, 6.07) is 7.01. The summed E-state index contributed by atoms with van der Waals surface area (Å²) in [5.74, 6) is 0. The van der Waals surface area contributed by atoms with Crippen LogP contribution in [-0.4, -0.2) is 33.2 Å². The fraction of sp³-hybridized carbons (Fsp3) is 0.571. The number of benzene rings is 1. The molecular formula is C14H23N3. The van der Waals surface area contributed by atoms with Crippen molar-refractivity contribution in [2.24, 2.45) is 5.73 Å². The Kier molecular flexibility index (Phi) is 3.57. The zero-order chi connectivity index (χ0) is 12.4. The average Bonchev–Trinajstić information content (AvgIpc) is 2.29. The fourth-order valence-electron chi connectivity index (χ4n) is 2.52. The summed E-state index contributed by atoms with van der Waals surface area (Å²) < 4.78 is 0. The minimum atomic E-state index is 0.327. The van der Waals surface area contributed by atoms with Crippen LogP contribution in [0.25, 0.3) is 0 Å². The Bertz CT molecular complexity index is 387. The molecule has 2 N–H and O–H groups in total. The number of hydrogen-bond donors (Lipinski definition) is 1. The SMILES string of the molecule is Cc1ccc(N2CCCC(N)C2)cc1N(C)C. The first kappa shape index (κ1) is 12.2. The molecule has 0 saturated carbocycles. The number of aryl methyl sites for hydroxylation is 1. The van der Waals surface area contributed by atoms with E-state index < -0.39 is 0 Å². The highest BCUT2D eigenvalue weighted by Crippen LogP contribution is 2.26. The lowest BCUT2D eigenvalue weighted by atomic mass is 10.0. The molecule has 1 heterocycles. The number of rotatable bonds is 2. The Hall–Kier alpha value is -1.22. The summed E-state index contributed by atoms with van der Waals surface area (Å²) in [5.41, 5.74) is 9.95. The van der Waals surface area contributed by atoms with Gasteiger partial charge >= 0.3 is 0 Å². The van der Waals surface area contributed by atoms with Crippen LogP contribution >= 0.6 is 0 Å². The minimum Gasteiger partial charge on any atom is -0.377 e. The molecule has 0 bridgehead atoms. The number of anilines is 2. The maximum Gasteiger partial charge on any atom is 0.0411 e. The fourth-order valence-corrected chi connectivity index (χ4v) is 2.52. The first-order valence-electron chi connectivity index (χ1n) is 6.36. The second-order valence-electron chi connectivity index (χ2n) is 5.21. The highest BCUT2D eigenvalue weighted by atomic mass is 15.2. The van der Waals surface area contributed by atoms with Crippen LogP contribution in [0.2, 0.25) is 0 Å². The summed E-state index contributed by atoms with van der Waals surface area (Å²) >= 11 is 0. The molecule has 17 heavy (non-hydrogen) atoms. The van der Waals surface area contributed by atoms with Gasteiger partial charge in [0.1, 0.15) is 0 Å². The van der Waals surface area contributed by atoms with Crippen molar-refractivity contribution < 1.29 is 0 Å². The third-order valence-electron chi connectivity index (χ3n) is 3.50. The first-order valence-corrected chi connectivity index (χ1v) is 6.36. The van der Waals surface area contributed by atoms with Crippen molar-refractivity contribution in [1.82, 2.24) is 0 Å². The van der Waals surface area contributed by atoms with Gasteiger partial charge < -0.3 is 15.5 Å². The third kappa shape index (κ3) is 2.72. The summed E-state index contributed by atoms with van der Waals surface area (Å²) in [4.78, 5) is 4.57. The highest BCUT2D eigenvalue weighted by molar-refractivity contribution is 5.63. The van der Waals surface area contributed by atoms with Crippen LogP contribution in [0.1, 0.15) is 18.4 Å². The first-order chi connectivity index (χ1) is 8.08. The molecule has 0 spiro atoms. The molecule has 0 amide bonds. The second-order valence-corrected chi connectivity index (χ2v) is 5.21. The monoisotopic (exact) mass is 233 g/mol. The van der Waals surface area contributed by atoms with E-state index >= 15 is 0 Å². The minimum absolute atomic E-state index is 0.327. The van der Waals surface area contributed by atoms with Gasteiger partial charge in [-0.2, -0.15) is 0 Å². The molecule has 3 nitrogen and oxygen atoms in total. The predicted molar refractivity (Wildman–Crippen MR) is 74.9 cm³/mol. The van der Waals surface area contributed by atoms with E-state index in [0.717, 1.165) is 19.5 Å². The molecule has 0 aromatic heterocycles. The molecule has 0 radical (unpaired) electrons. The smallest absolute Gasteiger partial charge is 0.0411 e. The quantitative estimate of drug-likeness (QED) is 0.848. The van der Waals surface area contributed by atoms with Gasteiger partial charge in [-0.15, -0.1) is 0 Å². The molecule has 1 aromatic carbocycles. The van der Waals surface area contributed by atoms with E-state index in [4.69, 9.17) is 5.73 Å². The van der Waals surface area contributed by atoms with Crippen molar-refractivity contribution in [1.29, 1.82) is 0 Å². The van der Waals surface area contributed by atoms with Gasteiger partial charge in [0, 0.05) is 44.6 Å². The molecule has 1 saturated heterocycles. The van der Waals surface area contributed by atoms with E-state index in [1.807, 2.05) is 0 Å². The lowest BCUT2D eigenvalue weighted by Gasteiger charge is -2.33. The van der Waals surface area contributed by atoms with Crippen molar-refractivity contribution in [3.8, 4) is 0 Å². The van der Waals surface area contributed by atoms with Gasteiger partial charge in [0.25, 0.3) is 0 Å². The number of nitrogens with two attached hydrogens (primary N) is 1. The van der Waals surface area contributed by atoms with Crippen molar-refractivity contribution >= 4 is 11.4 Å². The van der Waals surface area contributed by atoms with E-state index in [1.165, 1.54) is 23.4 Å². The van der Waals surface area contributed by atoms with E-state index in [9.17, 15) is 0 Å². The summed E-state index contributed by atoms with van der Waals surface area (Å²) in [5, 5.41) is 0. The Morgan fingerprint density at radius 1 is 1.35 bits per heavy atom. The Morgan fingerprint density at radius 3 is 2.76 bits per heavy atom.